The molecule has 2 aliphatic rings. The van der Waals surface area contributed by atoms with Crippen molar-refractivity contribution in [3.63, 3.8) is 0 Å². The highest BCUT2D eigenvalue weighted by Gasteiger charge is 2.51. The molecule has 150 valence electrons. The Balaban J connectivity index is 1.42. The lowest BCUT2D eigenvalue weighted by atomic mass is 9.86. The van der Waals surface area contributed by atoms with E-state index in [0.29, 0.717) is 5.69 Å². The molecule has 0 spiro atoms. The number of hydrogen-bond acceptors (Lipinski definition) is 4. The first kappa shape index (κ1) is 19.5. The molecular formula is C21H26N2O3S2. The second-order valence-corrected chi connectivity index (χ2v) is 11.0. The van der Waals surface area contributed by atoms with E-state index >= 15 is 0 Å². The molecule has 2 aromatic rings. The summed E-state index contributed by atoms with van der Waals surface area (Å²) in [4.78, 5) is 12.9. The van der Waals surface area contributed by atoms with Crippen LogP contribution in [0.3, 0.4) is 0 Å². The molecule has 2 N–H and O–H groups in total. The van der Waals surface area contributed by atoms with Gasteiger partial charge in [-0.15, -0.1) is 11.3 Å². The SMILES string of the molecule is CC1CCC(NC(=O)C2(c3ccc(NS(=O)(=O)c4cccs4)cc3)CC2)CC1. The molecular weight excluding hydrogens is 392 g/mol. The largest absolute Gasteiger partial charge is 0.353 e. The summed E-state index contributed by atoms with van der Waals surface area (Å²) in [6.45, 7) is 2.27. The van der Waals surface area contributed by atoms with Gasteiger partial charge in [-0.25, -0.2) is 8.42 Å². The maximum absolute atomic E-state index is 12.9. The maximum Gasteiger partial charge on any atom is 0.271 e. The molecule has 1 heterocycles. The minimum absolute atomic E-state index is 0.124. The summed E-state index contributed by atoms with van der Waals surface area (Å²) in [6, 6.07) is 10.8. The average molecular weight is 419 g/mol. The minimum Gasteiger partial charge on any atom is -0.353 e. The Hall–Kier alpha value is -1.86. The summed E-state index contributed by atoms with van der Waals surface area (Å²) in [5, 5.41) is 5.00. The molecule has 0 aliphatic heterocycles. The second kappa shape index (κ2) is 7.52. The number of carbonyl (C=O) groups excluding carboxylic acids is 1. The molecule has 0 saturated heterocycles. The minimum atomic E-state index is -3.55. The Morgan fingerprint density at radius 2 is 1.75 bits per heavy atom. The van der Waals surface area contributed by atoms with Crippen LogP contribution in [0.5, 0.6) is 0 Å². The first-order chi connectivity index (χ1) is 13.4. The quantitative estimate of drug-likeness (QED) is 0.735. The van der Waals surface area contributed by atoms with E-state index in [1.54, 1.807) is 29.6 Å². The molecule has 2 fully saturated rings. The Labute approximate surface area is 170 Å². The molecule has 0 bridgehead atoms. The van der Waals surface area contributed by atoms with Gasteiger partial charge in [0.25, 0.3) is 10.0 Å². The third kappa shape index (κ3) is 3.96. The Morgan fingerprint density at radius 1 is 1.07 bits per heavy atom. The fourth-order valence-electron chi connectivity index (χ4n) is 3.98. The van der Waals surface area contributed by atoms with Crippen LogP contribution in [0.1, 0.15) is 51.0 Å². The number of anilines is 1. The van der Waals surface area contributed by atoms with Crippen molar-refractivity contribution in [1.82, 2.24) is 5.32 Å². The highest BCUT2D eigenvalue weighted by molar-refractivity contribution is 7.94. The monoisotopic (exact) mass is 418 g/mol. The lowest BCUT2D eigenvalue weighted by molar-refractivity contribution is -0.124. The van der Waals surface area contributed by atoms with Crippen molar-refractivity contribution in [2.24, 2.45) is 5.92 Å². The van der Waals surface area contributed by atoms with Gasteiger partial charge in [0.1, 0.15) is 4.21 Å². The lowest BCUT2D eigenvalue weighted by Gasteiger charge is -2.28. The molecule has 5 nitrogen and oxygen atoms in total. The van der Waals surface area contributed by atoms with Crippen molar-refractivity contribution in [2.45, 2.75) is 61.1 Å². The van der Waals surface area contributed by atoms with Gasteiger partial charge in [0.05, 0.1) is 5.41 Å². The van der Waals surface area contributed by atoms with Gasteiger partial charge in [0.2, 0.25) is 5.91 Å². The lowest BCUT2D eigenvalue weighted by Crippen LogP contribution is -2.43. The van der Waals surface area contributed by atoms with Crippen molar-refractivity contribution in [1.29, 1.82) is 0 Å². The third-order valence-electron chi connectivity index (χ3n) is 5.99. The maximum atomic E-state index is 12.9. The topological polar surface area (TPSA) is 75.3 Å². The van der Waals surface area contributed by atoms with Crippen LogP contribution in [-0.2, 0) is 20.2 Å². The molecule has 2 saturated carbocycles. The van der Waals surface area contributed by atoms with Crippen LogP contribution in [0.25, 0.3) is 0 Å². The summed E-state index contributed by atoms with van der Waals surface area (Å²) >= 11 is 1.18. The Kier molecular flexibility index (Phi) is 5.22. The standard InChI is InChI=1S/C21H26N2O3S2/c1-15-4-8-17(9-5-15)22-20(24)21(12-13-21)16-6-10-18(11-7-16)23-28(25,26)19-3-2-14-27-19/h2-3,6-7,10-11,14-15,17,23H,4-5,8-9,12-13H2,1H3,(H,22,24). The van der Waals surface area contributed by atoms with Crippen molar-refractivity contribution in [2.75, 3.05) is 4.72 Å². The highest BCUT2D eigenvalue weighted by Crippen LogP contribution is 2.49. The van der Waals surface area contributed by atoms with Gasteiger partial charge in [-0.1, -0.05) is 25.1 Å². The number of benzene rings is 1. The molecule has 0 unspecified atom stereocenters. The number of nitrogens with one attached hydrogen (secondary N) is 2. The molecule has 4 rings (SSSR count). The van der Waals surface area contributed by atoms with Gasteiger partial charge in [0, 0.05) is 11.7 Å². The molecule has 1 amide bonds. The van der Waals surface area contributed by atoms with Gasteiger partial charge >= 0.3 is 0 Å². The fraction of sp³-hybridized carbons (Fsp3) is 0.476. The van der Waals surface area contributed by atoms with Crippen molar-refractivity contribution < 1.29 is 13.2 Å². The van der Waals surface area contributed by atoms with E-state index < -0.39 is 15.4 Å². The first-order valence-electron chi connectivity index (χ1n) is 9.87. The van der Waals surface area contributed by atoms with Crippen molar-refractivity contribution in [3.05, 3.63) is 47.3 Å². The van der Waals surface area contributed by atoms with Gasteiger partial charge in [-0.05, 0) is 73.6 Å². The van der Waals surface area contributed by atoms with Gasteiger partial charge in [-0.2, -0.15) is 0 Å². The molecule has 7 heteroatoms. The Morgan fingerprint density at radius 3 is 2.32 bits per heavy atom. The van der Waals surface area contributed by atoms with Crippen LogP contribution in [0.15, 0.2) is 46.0 Å². The van der Waals surface area contributed by atoms with Gasteiger partial charge < -0.3 is 5.32 Å². The second-order valence-electron chi connectivity index (χ2n) is 8.13. The highest BCUT2D eigenvalue weighted by atomic mass is 32.2. The fourth-order valence-corrected chi connectivity index (χ4v) is 6.03. The van der Waals surface area contributed by atoms with Crippen LogP contribution in [0.2, 0.25) is 0 Å². The summed E-state index contributed by atoms with van der Waals surface area (Å²) in [5.74, 6) is 0.882. The van der Waals surface area contributed by atoms with Crippen LogP contribution in [-0.4, -0.2) is 20.4 Å². The average Bonchev–Trinajstić information content (AvgIpc) is 3.29. The van der Waals surface area contributed by atoms with E-state index in [-0.39, 0.29) is 16.2 Å². The first-order valence-corrected chi connectivity index (χ1v) is 12.2. The third-order valence-corrected chi connectivity index (χ3v) is 8.76. The molecule has 28 heavy (non-hydrogen) atoms. The Bertz CT molecular complexity index is 925. The van der Waals surface area contributed by atoms with E-state index in [4.69, 9.17) is 0 Å². The van der Waals surface area contributed by atoms with Crippen LogP contribution in [0, 0.1) is 5.92 Å². The zero-order chi connectivity index (χ0) is 19.8. The zero-order valence-corrected chi connectivity index (χ0v) is 17.6. The van der Waals surface area contributed by atoms with Crippen molar-refractivity contribution >= 4 is 33.0 Å². The zero-order valence-electron chi connectivity index (χ0n) is 16.0. The predicted molar refractivity (Wildman–Crippen MR) is 112 cm³/mol. The summed E-state index contributed by atoms with van der Waals surface area (Å²) in [6.07, 6.45) is 6.18. The van der Waals surface area contributed by atoms with Gasteiger partial charge in [-0.3, -0.25) is 9.52 Å². The van der Waals surface area contributed by atoms with E-state index in [1.165, 1.54) is 24.2 Å². The predicted octanol–water partition coefficient (Wildman–Crippen LogP) is 4.28. The molecule has 2 aliphatic carbocycles. The van der Waals surface area contributed by atoms with Crippen LogP contribution < -0.4 is 10.0 Å². The molecule has 0 atom stereocenters. The molecule has 0 radical (unpaired) electrons. The van der Waals surface area contributed by atoms with Crippen molar-refractivity contribution in [3.8, 4) is 0 Å². The number of amides is 1. The van der Waals surface area contributed by atoms with E-state index in [9.17, 15) is 13.2 Å². The number of thiophene rings is 1. The van der Waals surface area contributed by atoms with E-state index in [0.717, 1.165) is 37.2 Å². The smallest absolute Gasteiger partial charge is 0.271 e. The molecule has 1 aromatic heterocycles. The van der Waals surface area contributed by atoms with Gasteiger partial charge in [0.15, 0.2) is 0 Å². The number of carbonyl (C=O) groups is 1. The normalized spacial score (nSPS) is 23.8. The van der Waals surface area contributed by atoms with E-state index in [2.05, 4.69) is 17.0 Å². The number of rotatable bonds is 6. The summed E-state index contributed by atoms with van der Waals surface area (Å²) in [5.41, 5.74) is 1.04. The summed E-state index contributed by atoms with van der Waals surface area (Å²) in [7, 11) is -3.55. The van der Waals surface area contributed by atoms with E-state index in [1.807, 2.05) is 12.1 Å². The van der Waals surface area contributed by atoms with Crippen LogP contribution in [0.4, 0.5) is 5.69 Å². The number of sulfonamides is 1. The molecule has 1 aromatic carbocycles. The summed E-state index contributed by atoms with van der Waals surface area (Å²) < 4.78 is 27.6. The van der Waals surface area contributed by atoms with Crippen LogP contribution >= 0.6 is 11.3 Å². The number of hydrogen-bond donors (Lipinski definition) is 2.